The van der Waals surface area contributed by atoms with Gasteiger partial charge in [0.2, 0.25) is 5.89 Å². The lowest BCUT2D eigenvalue weighted by Crippen LogP contribution is -2.36. The third kappa shape index (κ3) is 4.82. The standard InChI is InChI=1S/C17H23N3O3/c1-11-6-7-14(16-18-13(3)10-23-16)9-15(11)20-17(22)19-12(2)5-4-8-21/h6-7,9-10,12,21H,4-5,8H2,1-3H3,(H2,19,20,22). The molecule has 2 amide bonds. The molecule has 0 aliphatic carbocycles. The zero-order valence-electron chi connectivity index (χ0n) is 13.7. The highest BCUT2D eigenvalue weighted by Crippen LogP contribution is 2.25. The van der Waals surface area contributed by atoms with Gasteiger partial charge >= 0.3 is 6.03 Å². The summed E-state index contributed by atoms with van der Waals surface area (Å²) >= 11 is 0. The molecule has 1 aromatic carbocycles. The minimum atomic E-state index is -0.265. The fourth-order valence-electron chi connectivity index (χ4n) is 2.23. The van der Waals surface area contributed by atoms with Crippen LogP contribution in [0.5, 0.6) is 0 Å². The van der Waals surface area contributed by atoms with Gasteiger partial charge in [-0.15, -0.1) is 0 Å². The van der Waals surface area contributed by atoms with Crippen LogP contribution in [0.2, 0.25) is 0 Å². The monoisotopic (exact) mass is 317 g/mol. The summed E-state index contributed by atoms with van der Waals surface area (Å²) in [6, 6.07) is 5.41. The van der Waals surface area contributed by atoms with Crippen molar-refractivity contribution in [2.75, 3.05) is 11.9 Å². The highest BCUT2D eigenvalue weighted by atomic mass is 16.3. The molecule has 0 radical (unpaired) electrons. The number of rotatable bonds is 6. The summed E-state index contributed by atoms with van der Waals surface area (Å²) in [5.41, 5.74) is 3.29. The van der Waals surface area contributed by atoms with Crippen molar-refractivity contribution in [2.45, 2.75) is 39.7 Å². The van der Waals surface area contributed by atoms with Gasteiger partial charge in [0.05, 0.1) is 5.69 Å². The number of hydrogen-bond donors (Lipinski definition) is 3. The van der Waals surface area contributed by atoms with Gasteiger partial charge in [-0.05, 0) is 51.3 Å². The van der Waals surface area contributed by atoms with Crippen molar-refractivity contribution in [2.24, 2.45) is 0 Å². The fraction of sp³-hybridized carbons (Fsp3) is 0.412. The van der Waals surface area contributed by atoms with Gasteiger partial charge in [0.25, 0.3) is 0 Å². The Kier molecular flexibility index (Phi) is 5.76. The normalized spacial score (nSPS) is 12.0. The molecule has 0 bridgehead atoms. The molecule has 6 heteroatoms. The highest BCUT2D eigenvalue weighted by Gasteiger charge is 2.11. The van der Waals surface area contributed by atoms with Gasteiger partial charge < -0.3 is 20.2 Å². The minimum Gasteiger partial charge on any atom is -0.444 e. The van der Waals surface area contributed by atoms with Gasteiger partial charge in [-0.3, -0.25) is 0 Å². The lowest BCUT2D eigenvalue weighted by Gasteiger charge is -2.15. The number of aliphatic hydroxyl groups is 1. The Morgan fingerprint density at radius 3 is 2.83 bits per heavy atom. The maximum atomic E-state index is 12.1. The number of aromatic nitrogens is 1. The second-order valence-corrected chi connectivity index (χ2v) is 5.69. The molecule has 1 heterocycles. The molecule has 0 aliphatic rings. The zero-order valence-corrected chi connectivity index (χ0v) is 13.7. The van der Waals surface area contributed by atoms with Crippen LogP contribution in [-0.4, -0.2) is 28.8 Å². The summed E-state index contributed by atoms with van der Waals surface area (Å²) in [4.78, 5) is 16.4. The third-order valence-electron chi connectivity index (χ3n) is 3.52. The molecule has 1 atom stereocenters. The largest absolute Gasteiger partial charge is 0.444 e. The summed E-state index contributed by atoms with van der Waals surface area (Å²) in [5.74, 6) is 0.530. The van der Waals surface area contributed by atoms with Gasteiger partial charge in [-0.25, -0.2) is 9.78 Å². The van der Waals surface area contributed by atoms with Crippen LogP contribution in [0.1, 0.15) is 31.0 Å². The molecule has 124 valence electrons. The minimum absolute atomic E-state index is 0.0000266. The van der Waals surface area contributed by atoms with Crippen molar-refractivity contribution in [1.29, 1.82) is 0 Å². The number of oxazole rings is 1. The molecule has 0 saturated heterocycles. The molecular formula is C17H23N3O3. The molecular weight excluding hydrogens is 294 g/mol. The molecule has 3 N–H and O–H groups in total. The van der Waals surface area contributed by atoms with E-state index in [0.29, 0.717) is 18.0 Å². The topological polar surface area (TPSA) is 87.4 Å². The first-order valence-electron chi connectivity index (χ1n) is 7.71. The van der Waals surface area contributed by atoms with E-state index in [4.69, 9.17) is 9.52 Å². The molecule has 6 nitrogen and oxygen atoms in total. The van der Waals surface area contributed by atoms with Gasteiger partial charge in [0.1, 0.15) is 6.26 Å². The Morgan fingerprint density at radius 1 is 1.39 bits per heavy atom. The lowest BCUT2D eigenvalue weighted by molar-refractivity contribution is 0.245. The van der Waals surface area contributed by atoms with E-state index in [1.54, 1.807) is 6.26 Å². The molecule has 0 saturated carbocycles. The zero-order chi connectivity index (χ0) is 16.8. The number of amides is 2. The number of carbonyl (C=O) groups excluding carboxylic acids is 1. The van der Waals surface area contributed by atoms with Gasteiger partial charge in [0, 0.05) is 23.9 Å². The average Bonchev–Trinajstić information content (AvgIpc) is 2.94. The number of benzene rings is 1. The van der Waals surface area contributed by atoms with Gasteiger partial charge in [-0.2, -0.15) is 0 Å². The maximum Gasteiger partial charge on any atom is 0.319 e. The Morgan fingerprint density at radius 2 is 2.17 bits per heavy atom. The summed E-state index contributed by atoms with van der Waals surface area (Å²) < 4.78 is 5.40. The molecule has 1 aromatic heterocycles. The quantitative estimate of drug-likeness (QED) is 0.763. The predicted molar refractivity (Wildman–Crippen MR) is 89.3 cm³/mol. The van der Waals surface area contributed by atoms with E-state index in [1.165, 1.54) is 0 Å². The molecule has 0 spiro atoms. The Hall–Kier alpha value is -2.34. The van der Waals surface area contributed by atoms with E-state index in [2.05, 4.69) is 15.6 Å². The first-order valence-corrected chi connectivity index (χ1v) is 7.71. The van der Waals surface area contributed by atoms with E-state index in [-0.39, 0.29) is 18.7 Å². The van der Waals surface area contributed by atoms with E-state index in [9.17, 15) is 4.79 Å². The van der Waals surface area contributed by atoms with Crippen molar-refractivity contribution in [1.82, 2.24) is 10.3 Å². The predicted octanol–water partition coefficient (Wildman–Crippen LogP) is 3.24. The van der Waals surface area contributed by atoms with Crippen LogP contribution in [0.4, 0.5) is 10.5 Å². The Labute approximate surface area is 135 Å². The summed E-state index contributed by atoms with van der Waals surface area (Å²) in [7, 11) is 0. The van der Waals surface area contributed by atoms with E-state index in [1.807, 2.05) is 39.0 Å². The molecule has 1 unspecified atom stereocenters. The van der Waals surface area contributed by atoms with Crippen LogP contribution in [0.25, 0.3) is 11.5 Å². The number of nitrogens with one attached hydrogen (secondary N) is 2. The number of nitrogens with zero attached hydrogens (tertiary/aromatic N) is 1. The van der Waals surface area contributed by atoms with Crippen molar-refractivity contribution < 1.29 is 14.3 Å². The lowest BCUT2D eigenvalue weighted by atomic mass is 10.1. The first kappa shape index (κ1) is 17.0. The molecule has 2 rings (SSSR count). The van der Waals surface area contributed by atoms with E-state index in [0.717, 1.165) is 23.2 Å². The smallest absolute Gasteiger partial charge is 0.319 e. The van der Waals surface area contributed by atoms with Crippen molar-refractivity contribution in [3.8, 4) is 11.5 Å². The molecule has 0 aliphatic heterocycles. The second-order valence-electron chi connectivity index (χ2n) is 5.69. The van der Waals surface area contributed by atoms with Crippen LogP contribution < -0.4 is 10.6 Å². The summed E-state index contributed by atoms with van der Waals surface area (Å²) in [6.07, 6.45) is 3.00. The van der Waals surface area contributed by atoms with E-state index >= 15 is 0 Å². The van der Waals surface area contributed by atoms with Crippen LogP contribution >= 0.6 is 0 Å². The number of urea groups is 1. The van der Waals surface area contributed by atoms with Crippen LogP contribution in [0.3, 0.4) is 0 Å². The van der Waals surface area contributed by atoms with Gasteiger partial charge in [0.15, 0.2) is 0 Å². The average molecular weight is 317 g/mol. The fourth-order valence-corrected chi connectivity index (χ4v) is 2.23. The molecule has 2 aromatic rings. The SMILES string of the molecule is Cc1coc(-c2ccc(C)c(NC(=O)NC(C)CCCO)c2)n1. The Balaban J connectivity index is 2.06. The van der Waals surface area contributed by atoms with Crippen molar-refractivity contribution >= 4 is 11.7 Å². The maximum absolute atomic E-state index is 12.1. The van der Waals surface area contributed by atoms with E-state index < -0.39 is 0 Å². The summed E-state index contributed by atoms with van der Waals surface area (Å²) in [5, 5.41) is 14.5. The second kappa shape index (κ2) is 7.78. The van der Waals surface area contributed by atoms with Crippen LogP contribution in [0.15, 0.2) is 28.9 Å². The number of hydrogen-bond acceptors (Lipinski definition) is 4. The first-order chi connectivity index (χ1) is 11.0. The Bertz CT molecular complexity index is 667. The number of aryl methyl sites for hydroxylation is 2. The van der Waals surface area contributed by atoms with Gasteiger partial charge in [-0.1, -0.05) is 6.07 Å². The molecule has 23 heavy (non-hydrogen) atoms. The third-order valence-corrected chi connectivity index (χ3v) is 3.52. The van der Waals surface area contributed by atoms with Crippen molar-refractivity contribution in [3.05, 3.63) is 35.7 Å². The number of aliphatic hydroxyl groups excluding tert-OH is 1. The van der Waals surface area contributed by atoms with Crippen LogP contribution in [-0.2, 0) is 0 Å². The van der Waals surface area contributed by atoms with Crippen molar-refractivity contribution in [3.63, 3.8) is 0 Å². The summed E-state index contributed by atoms with van der Waals surface area (Å²) in [6.45, 7) is 5.83. The highest BCUT2D eigenvalue weighted by molar-refractivity contribution is 5.91. The number of carbonyl (C=O) groups is 1. The number of anilines is 1. The van der Waals surface area contributed by atoms with Crippen LogP contribution in [0, 0.1) is 13.8 Å². The molecule has 0 fully saturated rings.